The molecule has 1 aliphatic heterocycles. The maximum atomic E-state index is 12.9. The van der Waals surface area contributed by atoms with Crippen LogP contribution in [0.3, 0.4) is 0 Å². The Balaban J connectivity index is 1.41. The van der Waals surface area contributed by atoms with Gasteiger partial charge < -0.3 is 10.2 Å². The first-order valence-electron chi connectivity index (χ1n) is 9.65. The summed E-state index contributed by atoms with van der Waals surface area (Å²) in [4.78, 5) is 31.0. The normalized spacial score (nSPS) is 21.4. The molecular weight excluding hydrogens is 352 g/mol. The molecule has 2 aromatic rings. The van der Waals surface area contributed by atoms with Crippen LogP contribution in [0, 0.1) is 22.7 Å². The fourth-order valence-corrected chi connectivity index (χ4v) is 3.90. The zero-order valence-electron chi connectivity index (χ0n) is 15.6. The number of amides is 2. The first-order valence-corrected chi connectivity index (χ1v) is 9.65. The van der Waals surface area contributed by atoms with E-state index in [0.29, 0.717) is 37.3 Å². The number of rotatable bonds is 6. The van der Waals surface area contributed by atoms with Crippen molar-refractivity contribution in [3.63, 3.8) is 0 Å². The lowest BCUT2D eigenvalue weighted by atomic mass is 9.83. The predicted octanol–water partition coefficient (Wildman–Crippen LogP) is 3.31. The summed E-state index contributed by atoms with van der Waals surface area (Å²) in [5, 5.41) is 12.4. The predicted molar refractivity (Wildman–Crippen MR) is 105 cm³/mol. The summed E-state index contributed by atoms with van der Waals surface area (Å²) in [7, 11) is 0. The lowest BCUT2D eigenvalue weighted by Crippen LogP contribution is -2.35. The molecule has 0 bridgehead atoms. The molecule has 1 aromatic carbocycles. The Hall–Kier alpha value is -3.20. The van der Waals surface area contributed by atoms with Crippen molar-refractivity contribution in [1.82, 2.24) is 4.98 Å². The van der Waals surface area contributed by atoms with E-state index in [1.54, 1.807) is 23.2 Å². The molecule has 2 aliphatic rings. The fourth-order valence-electron chi connectivity index (χ4n) is 3.90. The molecule has 2 fully saturated rings. The number of nitrogens with zero attached hydrogens (tertiary/aromatic N) is 3. The van der Waals surface area contributed by atoms with Gasteiger partial charge in [0.15, 0.2) is 0 Å². The Labute approximate surface area is 164 Å². The topological polar surface area (TPSA) is 86.1 Å². The smallest absolute Gasteiger partial charge is 0.247 e. The number of nitriles is 1. The molecular formula is C22H22N4O2. The van der Waals surface area contributed by atoms with Gasteiger partial charge in [-0.25, -0.2) is 4.98 Å². The quantitative estimate of drug-likeness (QED) is 0.840. The van der Waals surface area contributed by atoms with Crippen LogP contribution in [0.2, 0.25) is 0 Å². The SMILES string of the molecule is N#C[C@@]1(C2CC2)CCN(c2ccnc(NC(=O)CCc3ccccc3)c2)C1=O. The third-order valence-corrected chi connectivity index (χ3v) is 5.64. The number of hydrogen-bond acceptors (Lipinski definition) is 4. The minimum Gasteiger partial charge on any atom is -0.311 e. The maximum Gasteiger partial charge on any atom is 0.247 e. The molecule has 2 amide bonds. The first kappa shape index (κ1) is 18.2. The summed E-state index contributed by atoms with van der Waals surface area (Å²) in [5.41, 5.74) is 0.911. The number of hydrogen-bond donors (Lipinski definition) is 1. The highest BCUT2D eigenvalue weighted by Gasteiger charge is 2.56. The summed E-state index contributed by atoms with van der Waals surface area (Å²) in [6.45, 7) is 0.522. The zero-order chi connectivity index (χ0) is 19.6. The Morgan fingerprint density at radius 3 is 2.79 bits per heavy atom. The molecule has 4 rings (SSSR count). The van der Waals surface area contributed by atoms with Crippen LogP contribution in [0.15, 0.2) is 48.7 Å². The van der Waals surface area contributed by atoms with E-state index in [9.17, 15) is 14.9 Å². The van der Waals surface area contributed by atoms with Crippen molar-refractivity contribution < 1.29 is 9.59 Å². The Bertz CT molecular complexity index is 933. The van der Waals surface area contributed by atoms with Crippen LogP contribution in [0.4, 0.5) is 11.5 Å². The fraction of sp³-hybridized carbons (Fsp3) is 0.364. The van der Waals surface area contributed by atoms with Gasteiger partial charge in [0.05, 0.1) is 6.07 Å². The van der Waals surface area contributed by atoms with Crippen molar-refractivity contribution in [3.8, 4) is 6.07 Å². The van der Waals surface area contributed by atoms with E-state index in [4.69, 9.17) is 0 Å². The van der Waals surface area contributed by atoms with Crippen molar-refractivity contribution in [3.05, 3.63) is 54.2 Å². The van der Waals surface area contributed by atoms with Crippen LogP contribution in [0.1, 0.15) is 31.2 Å². The summed E-state index contributed by atoms with van der Waals surface area (Å²) in [6.07, 6.45) is 5.06. The number of pyridine rings is 1. The summed E-state index contributed by atoms with van der Waals surface area (Å²) >= 11 is 0. The Kier molecular flexibility index (Phi) is 4.82. The number of aryl methyl sites for hydroxylation is 1. The van der Waals surface area contributed by atoms with Crippen molar-refractivity contribution in [2.24, 2.45) is 11.3 Å². The van der Waals surface area contributed by atoms with Gasteiger partial charge in [0, 0.05) is 30.9 Å². The summed E-state index contributed by atoms with van der Waals surface area (Å²) in [6, 6.07) is 15.6. The minimum absolute atomic E-state index is 0.120. The van der Waals surface area contributed by atoms with E-state index in [1.807, 2.05) is 30.3 Å². The minimum atomic E-state index is -0.873. The van der Waals surface area contributed by atoms with Crippen LogP contribution in [-0.4, -0.2) is 23.3 Å². The van der Waals surface area contributed by atoms with Crippen LogP contribution in [-0.2, 0) is 16.0 Å². The van der Waals surface area contributed by atoms with E-state index >= 15 is 0 Å². The van der Waals surface area contributed by atoms with E-state index in [0.717, 1.165) is 18.4 Å². The van der Waals surface area contributed by atoms with Gasteiger partial charge in [-0.3, -0.25) is 9.59 Å². The molecule has 1 saturated carbocycles. The van der Waals surface area contributed by atoms with Crippen molar-refractivity contribution in [2.45, 2.75) is 32.1 Å². The second kappa shape index (κ2) is 7.43. The van der Waals surface area contributed by atoms with Crippen LogP contribution in [0.5, 0.6) is 0 Å². The summed E-state index contributed by atoms with van der Waals surface area (Å²) < 4.78 is 0. The number of carbonyl (C=O) groups is 2. The van der Waals surface area contributed by atoms with E-state index in [-0.39, 0.29) is 17.7 Å². The van der Waals surface area contributed by atoms with Crippen molar-refractivity contribution in [2.75, 3.05) is 16.8 Å². The van der Waals surface area contributed by atoms with Crippen LogP contribution >= 0.6 is 0 Å². The average Bonchev–Trinajstić information content (AvgIpc) is 3.51. The molecule has 1 atom stereocenters. The van der Waals surface area contributed by atoms with Gasteiger partial charge in [0.1, 0.15) is 11.2 Å². The lowest BCUT2D eigenvalue weighted by molar-refractivity contribution is -0.123. The van der Waals surface area contributed by atoms with Crippen molar-refractivity contribution >= 4 is 23.3 Å². The maximum absolute atomic E-state index is 12.9. The molecule has 1 aliphatic carbocycles. The van der Waals surface area contributed by atoms with Gasteiger partial charge in [-0.2, -0.15) is 5.26 Å². The highest BCUT2D eigenvalue weighted by molar-refractivity contribution is 6.02. The highest BCUT2D eigenvalue weighted by Crippen LogP contribution is 2.51. The number of aromatic nitrogens is 1. The molecule has 6 nitrogen and oxygen atoms in total. The van der Waals surface area contributed by atoms with Gasteiger partial charge in [0.2, 0.25) is 11.8 Å². The second-order valence-corrected chi connectivity index (χ2v) is 7.50. The van der Waals surface area contributed by atoms with Gasteiger partial charge in [0.25, 0.3) is 0 Å². The molecule has 6 heteroatoms. The van der Waals surface area contributed by atoms with Gasteiger partial charge in [-0.15, -0.1) is 0 Å². The third kappa shape index (κ3) is 3.48. The Morgan fingerprint density at radius 2 is 2.07 bits per heavy atom. The van der Waals surface area contributed by atoms with E-state index in [2.05, 4.69) is 16.4 Å². The van der Waals surface area contributed by atoms with Gasteiger partial charge >= 0.3 is 0 Å². The molecule has 2 heterocycles. The van der Waals surface area contributed by atoms with Crippen LogP contribution in [0.25, 0.3) is 0 Å². The monoisotopic (exact) mass is 374 g/mol. The molecule has 28 heavy (non-hydrogen) atoms. The molecule has 142 valence electrons. The van der Waals surface area contributed by atoms with E-state index in [1.165, 1.54) is 0 Å². The molecule has 0 unspecified atom stereocenters. The largest absolute Gasteiger partial charge is 0.311 e. The second-order valence-electron chi connectivity index (χ2n) is 7.50. The molecule has 1 N–H and O–H groups in total. The average molecular weight is 374 g/mol. The number of nitrogens with one attached hydrogen (secondary N) is 1. The summed E-state index contributed by atoms with van der Waals surface area (Å²) in [5.74, 6) is 0.369. The van der Waals surface area contributed by atoms with Crippen molar-refractivity contribution in [1.29, 1.82) is 5.26 Å². The lowest BCUT2D eigenvalue weighted by Gasteiger charge is -2.21. The zero-order valence-corrected chi connectivity index (χ0v) is 15.6. The molecule has 0 radical (unpaired) electrons. The standard InChI is InChI=1S/C22H22N4O2/c23-15-22(17-7-8-17)11-13-26(21(22)28)18-10-12-24-19(14-18)25-20(27)9-6-16-4-2-1-3-5-16/h1-5,10,12,14,17H,6-9,11,13H2,(H,24,25,27)/t22-/m1/s1. The highest BCUT2D eigenvalue weighted by atomic mass is 16.2. The van der Waals surface area contributed by atoms with Crippen LogP contribution < -0.4 is 10.2 Å². The first-order chi connectivity index (χ1) is 13.6. The van der Waals surface area contributed by atoms with Gasteiger partial charge in [-0.1, -0.05) is 30.3 Å². The molecule has 1 aromatic heterocycles. The molecule has 0 spiro atoms. The van der Waals surface area contributed by atoms with E-state index < -0.39 is 5.41 Å². The molecule has 1 saturated heterocycles. The number of carbonyl (C=O) groups excluding carboxylic acids is 2. The third-order valence-electron chi connectivity index (χ3n) is 5.64. The Morgan fingerprint density at radius 1 is 1.29 bits per heavy atom. The number of benzene rings is 1. The van der Waals surface area contributed by atoms with Gasteiger partial charge in [-0.05, 0) is 43.2 Å². The number of anilines is 2.